The number of morpholine rings is 1. The van der Waals surface area contributed by atoms with Gasteiger partial charge in [0.05, 0.1) is 13.2 Å². The monoisotopic (exact) mass is 359 g/mol. The van der Waals surface area contributed by atoms with E-state index in [9.17, 15) is 0 Å². The molecular weight excluding hydrogens is 318 g/mol. The Labute approximate surface area is 162 Å². The van der Waals surface area contributed by atoms with E-state index in [1.165, 1.54) is 17.5 Å². The molecule has 0 spiro atoms. The Morgan fingerprint density at radius 1 is 0.769 bits per heavy atom. The number of benzene rings is 1. The summed E-state index contributed by atoms with van der Waals surface area (Å²) in [5, 5.41) is 0. The molecule has 0 amide bonds. The fraction of sp³-hybridized carbons (Fsp3) is 0.750. The maximum absolute atomic E-state index is 5.56. The highest BCUT2D eigenvalue weighted by Crippen LogP contribution is 2.41. The molecular formula is C24H41NO. The fourth-order valence-corrected chi connectivity index (χ4v) is 4.64. The standard InChI is InChI=1S/C24H41NO/c1-21(2,3)18-22(4,5)19-10-12-20(13-11-19)23(6,7)24(8,9)25-14-16-26-17-15-25/h10-13H,14-18H2,1-9H3. The third-order valence-corrected chi connectivity index (χ3v) is 6.69. The Bertz CT molecular complexity index is 584. The highest BCUT2D eigenvalue weighted by atomic mass is 16.5. The molecule has 0 atom stereocenters. The molecule has 1 saturated heterocycles. The van der Waals surface area contributed by atoms with Gasteiger partial charge in [-0.1, -0.05) is 72.7 Å². The summed E-state index contributed by atoms with van der Waals surface area (Å²) in [6, 6.07) is 9.44. The summed E-state index contributed by atoms with van der Waals surface area (Å²) in [6.45, 7) is 25.0. The topological polar surface area (TPSA) is 12.5 Å². The van der Waals surface area contributed by atoms with Crippen molar-refractivity contribution in [3.05, 3.63) is 35.4 Å². The fourth-order valence-electron chi connectivity index (χ4n) is 4.64. The van der Waals surface area contributed by atoms with Gasteiger partial charge in [-0.3, -0.25) is 4.90 Å². The van der Waals surface area contributed by atoms with Crippen LogP contribution in [-0.2, 0) is 15.6 Å². The van der Waals surface area contributed by atoms with Gasteiger partial charge >= 0.3 is 0 Å². The van der Waals surface area contributed by atoms with E-state index >= 15 is 0 Å². The average molecular weight is 360 g/mol. The lowest BCUT2D eigenvalue weighted by Gasteiger charge is -2.51. The van der Waals surface area contributed by atoms with Crippen molar-refractivity contribution in [2.45, 2.75) is 85.1 Å². The molecule has 1 aliphatic rings. The van der Waals surface area contributed by atoms with Gasteiger partial charge in [0.25, 0.3) is 0 Å². The van der Waals surface area contributed by atoms with Gasteiger partial charge in [0.1, 0.15) is 0 Å². The third kappa shape index (κ3) is 4.51. The van der Waals surface area contributed by atoms with E-state index in [0.29, 0.717) is 5.41 Å². The molecule has 0 aliphatic carbocycles. The van der Waals surface area contributed by atoms with Crippen LogP contribution in [0.5, 0.6) is 0 Å². The zero-order chi connectivity index (χ0) is 19.8. The van der Waals surface area contributed by atoms with Gasteiger partial charge in [-0.05, 0) is 42.2 Å². The van der Waals surface area contributed by atoms with Crippen molar-refractivity contribution in [3.63, 3.8) is 0 Å². The predicted octanol–water partition coefficient (Wildman–Crippen LogP) is 5.79. The van der Waals surface area contributed by atoms with Gasteiger partial charge < -0.3 is 4.74 Å². The van der Waals surface area contributed by atoms with Gasteiger partial charge in [-0.2, -0.15) is 0 Å². The lowest BCUT2D eigenvalue weighted by atomic mass is 9.67. The summed E-state index contributed by atoms with van der Waals surface area (Å²) in [6.07, 6.45) is 1.18. The summed E-state index contributed by atoms with van der Waals surface area (Å²) in [5.74, 6) is 0. The zero-order valence-electron chi connectivity index (χ0n) is 18.7. The first-order valence-electron chi connectivity index (χ1n) is 10.2. The number of hydrogen-bond donors (Lipinski definition) is 0. The van der Waals surface area contributed by atoms with E-state index in [-0.39, 0.29) is 16.4 Å². The molecule has 1 aliphatic heterocycles. The summed E-state index contributed by atoms with van der Waals surface area (Å²) in [4.78, 5) is 2.59. The maximum Gasteiger partial charge on any atom is 0.0594 e. The first-order chi connectivity index (χ1) is 11.8. The first-order valence-corrected chi connectivity index (χ1v) is 10.2. The Balaban J connectivity index is 2.25. The average Bonchev–Trinajstić information content (AvgIpc) is 2.53. The molecule has 0 radical (unpaired) electrons. The van der Waals surface area contributed by atoms with Gasteiger partial charge in [0.2, 0.25) is 0 Å². The van der Waals surface area contributed by atoms with Crippen molar-refractivity contribution in [3.8, 4) is 0 Å². The van der Waals surface area contributed by atoms with Crippen molar-refractivity contribution >= 4 is 0 Å². The van der Waals surface area contributed by atoms with Gasteiger partial charge in [-0.25, -0.2) is 0 Å². The van der Waals surface area contributed by atoms with Crippen LogP contribution in [0.3, 0.4) is 0 Å². The first kappa shape index (κ1) is 21.4. The molecule has 1 aromatic carbocycles. The molecule has 1 heterocycles. The second-order valence-corrected chi connectivity index (χ2v) is 11.0. The molecule has 26 heavy (non-hydrogen) atoms. The van der Waals surface area contributed by atoms with E-state index < -0.39 is 0 Å². The smallest absolute Gasteiger partial charge is 0.0594 e. The number of rotatable bonds is 5. The Kier molecular flexibility index (Phi) is 6.00. The van der Waals surface area contributed by atoms with Crippen molar-refractivity contribution in [1.82, 2.24) is 4.90 Å². The molecule has 0 aromatic heterocycles. The Morgan fingerprint density at radius 2 is 1.23 bits per heavy atom. The minimum Gasteiger partial charge on any atom is -0.379 e. The molecule has 0 N–H and O–H groups in total. The van der Waals surface area contributed by atoms with E-state index in [1.54, 1.807) is 0 Å². The lowest BCUT2D eigenvalue weighted by molar-refractivity contribution is -0.0350. The Morgan fingerprint density at radius 3 is 1.69 bits per heavy atom. The van der Waals surface area contributed by atoms with E-state index in [4.69, 9.17) is 4.74 Å². The minimum absolute atomic E-state index is 0.0665. The van der Waals surface area contributed by atoms with Gasteiger partial charge in [-0.15, -0.1) is 0 Å². The second kappa shape index (κ2) is 7.28. The molecule has 1 fully saturated rings. The van der Waals surface area contributed by atoms with Crippen LogP contribution in [-0.4, -0.2) is 36.7 Å². The molecule has 2 nitrogen and oxygen atoms in total. The SMILES string of the molecule is CC(C)(C)CC(C)(C)c1ccc(C(C)(C)C(C)(C)N2CCOCC2)cc1. The normalized spacial score (nSPS) is 18.2. The number of hydrogen-bond acceptors (Lipinski definition) is 2. The van der Waals surface area contributed by atoms with Crippen LogP contribution >= 0.6 is 0 Å². The lowest BCUT2D eigenvalue weighted by Crippen LogP contribution is -2.59. The third-order valence-electron chi connectivity index (χ3n) is 6.69. The van der Waals surface area contributed by atoms with Crippen molar-refractivity contribution in [2.75, 3.05) is 26.3 Å². The Hall–Kier alpha value is -0.860. The molecule has 0 saturated carbocycles. The van der Waals surface area contributed by atoms with Crippen molar-refractivity contribution in [1.29, 1.82) is 0 Å². The minimum atomic E-state index is 0.0665. The molecule has 2 heteroatoms. The van der Waals surface area contributed by atoms with E-state index in [1.807, 2.05) is 0 Å². The maximum atomic E-state index is 5.56. The van der Waals surface area contributed by atoms with Crippen LogP contribution in [0.1, 0.15) is 79.9 Å². The summed E-state index contributed by atoms with van der Waals surface area (Å²) >= 11 is 0. The summed E-state index contributed by atoms with van der Waals surface area (Å²) < 4.78 is 5.56. The molecule has 0 bridgehead atoms. The highest BCUT2D eigenvalue weighted by molar-refractivity contribution is 5.34. The van der Waals surface area contributed by atoms with E-state index in [0.717, 1.165) is 26.3 Å². The quantitative estimate of drug-likeness (QED) is 0.660. The van der Waals surface area contributed by atoms with Gasteiger partial charge in [0, 0.05) is 24.0 Å². The zero-order valence-corrected chi connectivity index (χ0v) is 18.7. The van der Waals surface area contributed by atoms with Crippen molar-refractivity contribution in [2.24, 2.45) is 5.41 Å². The van der Waals surface area contributed by atoms with Crippen LogP contribution in [0, 0.1) is 5.41 Å². The second-order valence-electron chi connectivity index (χ2n) is 11.0. The molecule has 0 unspecified atom stereocenters. The van der Waals surface area contributed by atoms with Crippen LogP contribution in [0.4, 0.5) is 0 Å². The van der Waals surface area contributed by atoms with E-state index in [2.05, 4.69) is 91.5 Å². The van der Waals surface area contributed by atoms with Crippen LogP contribution in [0.2, 0.25) is 0 Å². The van der Waals surface area contributed by atoms with Gasteiger partial charge in [0.15, 0.2) is 0 Å². The van der Waals surface area contributed by atoms with Crippen LogP contribution < -0.4 is 0 Å². The summed E-state index contributed by atoms with van der Waals surface area (Å²) in [7, 11) is 0. The summed E-state index contributed by atoms with van der Waals surface area (Å²) in [5.41, 5.74) is 3.54. The largest absolute Gasteiger partial charge is 0.379 e. The van der Waals surface area contributed by atoms with Crippen LogP contribution in [0.15, 0.2) is 24.3 Å². The number of nitrogens with zero attached hydrogens (tertiary/aromatic N) is 1. The molecule has 148 valence electrons. The number of ether oxygens (including phenoxy) is 1. The van der Waals surface area contributed by atoms with Crippen LogP contribution in [0.25, 0.3) is 0 Å². The molecule has 2 rings (SSSR count). The van der Waals surface area contributed by atoms with Crippen molar-refractivity contribution < 1.29 is 4.74 Å². The predicted molar refractivity (Wildman–Crippen MR) is 113 cm³/mol. The molecule has 1 aromatic rings. The highest BCUT2D eigenvalue weighted by Gasteiger charge is 2.43.